The predicted molar refractivity (Wildman–Crippen MR) is 126 cm³/mol. The van der Waals surface area contributed by atoms with Gasteiger partial charge in [0.15, 0.2) is 5.96 Å². The number of hydrogen-bond donors (Lipinski definition) is 2. The summed E-state index contributed by atoms with van der Waals surface area (Å²) in [6, 6.07) is 4.77. The predicted octanol–water partition coefficient (Wildman–Crippen LogP) is 2.87. The summed E-state index contributed by atoms with van der Waals surface area (Å²) in [6.07, 6.45) is 8.16. The van der Waals surface area contributed by atoms with Crippen molar-refractivity contribution in [1.82, 2.24) is 15.6 Å². The van der Waals surface area contributed by atoms with Gasteiger partial charge >= 0.3 is 0 Å². The number of morpholine rings is 1. The summed E-state index contributed by atoms with van der Waals surface area (Å²) in [5, 5.41) is 7.74. The second-order valence-corrected chi connectivity index (χ2v) is 8.23. The van der Waals surface area contributed by atoms with Crippen LogP contribution >= 0.6 is 35.7 Å². The lowest BCUT2D eigenvalue weighted by Gasteiger charge is -2.32. The van der Waals surface area contributed by atoms with Gasteiger partial charge in [0.25, 0.3) is 0 Å². The van der Waals surface area contributed by atoms with Crippen molar-refractivity contribution in [3.8, 4) is 0 Å². The fraction of sp³-hybridized carbons (Fsp3) is 0.684. The molecule has 3 atom stereocenters. The first-order valence-corrected chi connectivity index (χ1v) is 10.8. The van der Waals surface area contributed by atoms with E-state index in [2.05, 4.69) is 50.8 Å². The van der Waals surface area contributed by atoms with Crippen LogP contribution in [-0.4, -0.2) is 61.3 Å². The molecule has 2 heterocycles. The normalized spacial score (nSPS) is 25.8. The third kappa shape index (κ3) is 6.67. The average molecular weight is 505 g/mol. The molecule has 0 radical (unpaired) electrons. The van der Waals surface area contributed by atoms with E-state index in [0.29, 0.717) is 6.04 Å². The maximum atomic E-state index is 5.60. The second-order valence-electron chi connectivity index (χ2n) is 7.09. The van der Waals surface area contributed by atoms with Crippen molar-refractivity contribution in [2.45, 2.75) is 50.1 Å². The molecule has 2 N–H and O–H groups in total. The summed E-state index contributed by atoms with van der Waals surface area (Å²) in [6.45, 7) is 5.41. The first-order valence-electron chi connectivity index (χ1n) is 9.49. The molecule has 1 aromatic rings. The summed E-state index contributed by atoms with van der Waals surface area (Å²) < 4.78 is 5.60. The third-order valence-electron chi connectivity index (χ3n) is 5.12. The molecule has 2 fully saturated rings. The van der Waals surface area contributed by atoms with Crippen LogP contribution in [0.15, 0.2) is 23.3 Å². The van der Waals surface area contributed by atoms with Crippen molar-refractivity contribution in [2.24, 2.45) is 4.99 Å². The van der Waals surface area contributed by atoms with Gasteiger partial charge < -0.3 is 20.3 Å². The van der Waals surface area contributed by atoms with E-state index in [1.165, 1.54) is 19.3 Å². The largest absolute Gasteiger partial charge is 0.375 e. The smallest absolute Gasteiger partial charge is 0.191 e. The Labute approximate surface area is 184 Å². The minimum atomic E-state index is 0. The van der Waals surface area contributed by atoms with Gasteiger partial charge in [-0.05, 0) is 44.1 Å². The molecule has 0 bridgehead atoms. The van der Waals surface area contributed by atoms with Crippen LogP contribution in [0, 0.1) is 0 Å². The number of hydrogen-bond acceptors (Lipinski definition) is 5. The first kappa shape index (κ1) is 22.5. The van der Waals surface area contributed by atoms with E-state index in [-0.39, 0.29) is 30.1 Å². The van der Waals surface area contributed by atoms with Crippen molar-refractivity contribution >= 4 is 47.5 Å². The number of anilines is 1. The summed E-state index contributed by atoms with van der Waals surface area (Å²) in [5.41, 5.74) is 1.16. The molecule has 27 heavy (non-hydrogen) atoms. The number of guanidine groups is 1. The first-order chi connectivity index (χ1) is 12.7. The van der Waals surface area contributed by atoms with Gasteiger partial charge in [0.1, 0.15) is 5.82 Å². The molecule has 6 nitrogen and oxygen atoms in total. The minimum Gasteiger partial charge on any atom is -0.375 e. The van der Waals surface area contributed by atoms with Crippen LogP contribution in [0.5, 0.6) is 0 Å². The number of thioether (sulfide) groups is 1. The van der Waals surface area contributed by atoms with Gasteiger partial charge in [0, 0.05) is 44.2 Å². The number of aromatic nitrogens is 1. The summed E-state index contributed by atoms with van der Waals surface area (Å²) >= 11 is 1.97. The monoisotopic (exact) mass is 505 g/mol. The second kappa shape index (κ2) is 11.3. The summed E-state index contributed by atoms with van der Waals surface area (Å²) in [4.78, 5) is 11.3. The number of nitrogens with one attached hydrogen (secondary N) is 2. The van der Waals surface area contributed by atoms with Crippen molar-refractivity contribution in [3.05, 3.63) is 23.9 Å². The number of pyridine rings is 1. The van der Waals surface area contributed by atoms with Gasteiger partial charge in [-0.25, -0.2) is 4.98 Å². The highest BCUT2D eigenvalue weighted by molar-refractivity contribution is 14.0. The fourth-order valence-corrected chi connectivity index (χ4v) is 4.39. The van der Waals surface area contributed by atoms with E-state index in [1.54, 1.807) is 0 Å². The van der Waals surface area contributed by atoms with Crippen LogP contribution < -0.4 is 15.5 Å². The standard InChI is InChI=1S/C19H31N5OS.HI/c1-14-13-24(8-9-25-14)18-7-4-15(11-21-18)12-22-19(20-2)23-16-5-6-17(10-16)26-3;/h4,7,11,14,16-17H,5-6,8-10,12-13H2,1-3H3,(H2,20,22,23);1H. The zero-order valence-electron chi connectivity index (χ0n) is 16.5. The number of ether oxygens (including phenoxy) is 1. The Hall–Kier alpha value is -0.740. The molecular formula is C19H32IN5OS. The molecule has 3 unspecified atom stereocenters. The van der Waals surface area contributed by atoms with Gasteiger partial charge in [-0.3, -0.25) is 4.99 Å². The highest BCUT2D eigenvalue weighted by Gasteiger charge is 2.24. The van der Waals surface area contributed by atoms with Gasteiger partial charge in [0.2, 0.25) is 0 Å². The molecule has 2 aliphatic rings. The molecule has 1 aromatic heterocycles. The molecule has 1 saturated carbocycles. The topological polar surface area (TPSA) is 61.8 Å². The molecular weight excluding hydrogens is 473 g/mol. The Morgan fingerprint density at radius 3 is 2.89 bits per heavy atom. The van der Waals surface area contributed by atoms with Crippen LogP contribution in [0.1, 0.15) is 31.7 Å². The SMILES string of the molecule is CN=C(NCc1ccc(N2CCOC(C)C2)nc1)NC1CCC(SC)C1.I. The molecule has 1 aliphatic heterocycles. The van der Waals surface area contributed by atoms with Crippen molar-refractivity contribution < 1.29 is 4.74 Å². The molecule has 0 aromatic carbocycles. The zero-order chi connectivity index (χ0) is 18.4. The van der Waals surface area contributed by atoms with Crippen LogP contribution in [0.4, 0.5) is 5.82 Å². The van der Waals surface area contributed by atoms with Crippen LogP contribution in [0.2, 0.25) is 0 Å². The van der Waals surface area contributed by atoms with E-state index in [9.17, 15) is 0 Å². The quantitative estimate of drug-likeness (QED) is 0.365. The Balaban J connectivity index is 0.00000261. The molecule has 152 valence electrons. The van der Waals surface area contributed by atoms with E-state index in [1.807, 2.05) is 25.0 Å². The van der Waals surface area contributed by atoms with Gasteiger partial charge in [0.05, 0.1) is 12.7 Å². The van der Waals surface area contributed by atoms with E-state index < -0.39 is 0 Å². The maximum absolute atomic E-state index is 5.60. The third-order valence-corrected chi connectivity index (χ3v) is 6.21. The molecule has 1 saturated heterocycles. The summed E-state index contributed by atoms with van der Waals surface area (Å²) in [7, 11) is 1.83. The maximum Gasteiger partial charge on any atom is 0.191 e. The van der Waals surface area contributed by atoms with Crippen LogP contribution in [-0.2, 0) is 11.3 Å². The Morgan fingerprint density at radius 2 is 2.26 bits per heavy atom. The Kier molecular flexibility index (Phi) is 9.44. The van der Waals surface area contributed by atoms with E-state index in [4.69, 9.17) is 4.74 Å². The fourth-order valence-electron chi connectivity index (χ4n) is 3.59. The molecule has 0 amide bonds. The van der Waals surface area contributed by atoms with Gasteiger partial charge in [-0.2, -0.15) is 11.8 Å². The average Bonchev–Trinajstić information content (AvgIpc) is 3.13. The lowest BCUT2D eigenvalue weighted by molar-refractivity contribution is 0.0529. The molecule has 0 spiro atoms. The number of nitrogens with zero attached hydrogens (tertiary/aromatic N) is 3. The number of halogens is 1. The van der Waals surface area contributed by atoms with Gasteiger partial charge in [-0.1, -0.05) is 6.07 Å². The van der Waals surface area contributed by atoms with Crippen molar-refractivity contribution in [2.75, 3.05) is 37.9 Å². The molecule has 8 heteroatoms. The number of aliphatic imine (C=N–C) groups is 1. The lowest BCUT2D eigenvalue weighted by atomic mass is 10.2. The summed E-state index contributed by atoms with van der Waals surface area (Å²) in [5.74, 6) is 1.91. The molecule has 1 aliphatic carbocycles. The van der Waals surface area contributed by atoms with E-state index in [0.717, 1.165) is 48.8 Å². The Bertz CT molecular complexity index is 600. The highest BCUT2D eigenvalue weighted by atomic mass is 127. The van der Waals surface area contributed by atoms with Crippen LogP contribution in [0.3, 0.4) is 0 Å². The van der Waals surface area contributed by atoms with Crippen molar-refractivity contribution in [3.63, 3.8) is 0 Å². The number of rotatable bonds is 5. The van der Waals surface area contributed by atoms with Gasteiger partial charge in [-0.15, -0.1) is 24.0 Å². The minimum absolute atomic E-state index is 0. The van der Waals surface area contributed by atoms with Crippen LogP contribution in [0.25, 0.3) is 0 Å². The zero-order valence-corrected chi connectivity index (χ0v) is 19.6. The Morgan fingerprint density at radius 1 is 1.41 bits per heavy atom. The molecule has 3 rings (SSSR count). The lowest BCUT2D eigenvalue weighted by Crippen LogP contribution is -2.42. The van der Waals surface area contributed by atoms with Crippen molar-refractivity contribution in [1.29, 1.82) is 0 Å². The van der Waals surface area contributed by atoms with E-state index >= 15 is 0 Å². The highest BCUT2D eigenvalue weighted by Crippen LogP contribution is 2.28.